The average Bonchev–Trinajstić information content (AvgIpc) is 3.72. The van der Waals surface area contributed by atoms with Gasteiger partial charge in [-0.25, -0.2) is 9.50 Å². The Morgan fingerprint density at radius 3 is 2.77 bits per heavy atom. The quantitative estimate of drug-likeness (QED) is 0.350. The van der Waals surface area contributed by atoms with E-state index in [1.54, 1.807) is 13.4 Å². The number of carbonyl (C=O) groups is 1. The number of hydrogen-bond acceptors (Lipinski definition) is 6. The van der Waals surface area contributed by atoms with E-state index in [4.69, 9.17) is 9.47 Å². The third kappa shape index (κ3) is 5.13. The third-order valence-corrected chi connectivity index (χ3v) is 8.74. The maximum atomic E-state index is 12.8. The van der Waals surface area contributed by atoms with E-state index >= 15 is 0 Å². The summed E-state index contributed by atoms with van der Waals surface area (Å²) in [5.41, 5.74) is 7.90. The van der Waals surface area contributed by atoms with E-state index in [1.165, 1.54) is 16.5 Å². The molecule has 2 aliphatic heterocycles. The first-order chi connectivity index (χ1) is 19.4. The molecule has 5 heterocycles. The Morgan fingerprint density at radius 2 is 2.05 bits per heavy atom. The minimum Gasteiger partial charge on any atom is -0.380 e. The predicted molar refractivity (Wildman–Crippen MR) is 155 cm³/mol. The molecule has 9 heteroatoms. The van der Waals surface area contributed by atoms with Crippen molar-refractivity contribution in [3.05, 3.63) is 53.5 Å². The Morgan fingerprint density at radius 1 is 1.23 bits per heavy atom. The maximum absolute atomic E-state index is 12.8. The van der Waals surface area contributed by atoms with Crippen LogP contribution in [-0.4, -0.2) is 88.3 Å². The number of pyridine rings is 1. The van der Waals surface area contributed by atoms with Gasteiger partial charge in [-0.05, 0) is 73.5 Å². The molecule has 3 aromatic heterocycles. The summed E-state index contributed by atoms with van der Waals surface area (Å²) in [4.78, 5) is 25.2. The van der Waals surface area contributed by atoms with Crippen molar-refractivity contribution >= 4 is 22.5 Å². The van der Waals surface area contributed by atoms with Crippen LogP contribution in [0.1, 0.15) is 61.6 Å². The zero-order chi connectivity index (χ0) is 27.8. The molecule has 0 spiro atoms. The van der Waals surface area contributed by atoms with Gasteiger partial charge >= 0.3 is 0 Å². The van der Waals surface area contributed by atoms with Crippen LogP contribution < -0.4 is 0 Å². The van der Waals surface area contributed by atoms with Crippen molar-refractivity contribution in [2.24, 2.45) is 0 Å². The number of benzene rings is 1. The number of H-pyrrole nitrogens is 1. The van der Waals surface area contributed by atoms with Gasteiger partial charge in [0.05, 0.1) is 31.5 Å². The van der Waals surface area contributed by atoms with Crippen LogP contribution in [0.2, 0.25) is 0 Å². The molecule has 2 aliphatic rings. The zero-order valence-corrected chi connectivity index (χ0v) is 24.0. The first-order valence-corrected chi connectivity index (χ1v) is 14.5. The molecule has 2 fully saturated rings. The first kappa shape index (κ1) is 26.9. The van der Waals surface area contributed by atoms with Gasteiger partial charge < -0.3 is 19.4 Å². The van der Waals surface area contributed by atoms with Crippen LogP contribution in [0.5, 0.6) is 0 Å². The fourth-order valence-electron chi connectivity index (χ4n) is 6.46. The molecule has 1 atom stereocenters. The molecule has 40 heavy (non-hydrogen) atoms. The second-order valence-electron chi connectivity index (χ2n) is 11.7. The first-order valence-electron chi connectivity index (χ1n) is 14.5. The lowest BCUT2D eigenvalue weighted by Gasteiger charge is -2.33. The van der Waals surface area contributed by atoms with E-state index in [-0.39, 0.29) is 11.9 Å². The standard InChI is InChI=1S/C31H40N6O3/c1-20(2)29-26-14-22(21-7-10-36(11-8-21)16-28(38)35(3)25-9-12-40-18-25)5-6-27(26)34-30(29)23-13-24(17-39-4)31-32-19-33-37(31)15-23/h5-6,13-15,19-21,25,34H,7-12,16-18H2,1-4H3. The van der Waals surface area contributed by atoms with E-state index in [1.807, 2.05) is 22.7 Å². The number of fused-ring (bicyclic) bond motifs is 2. The van der Waals surface area contributed by atoms with Gasteiger partial charge in [0.1, 0.15) is 6.33 Å². The topological polar surface area (TPSA) is 88.0 Å². The molecular formula is C31H40N6O3. The summed E-state index contributed by atoms with van der Waals surface area (Å²) in [5.74, 6) is 1.04. The van der Waals surface area contributed by atoms with Crippen molar-refractivity contribution in [3.63, 3.8) is 0 Å². The number of methoxy groups -OCH3 is 1. The minimum absolute atomic E-state index is 0.203. The smallest absolute Gasteiger partial charge is 0.236 e. The number of hydrogen-bond donors (Lipinski definition) is 1. The number of rotatable bonds is 8. The van der Waals surface area contributed by atoms with Crippen molar-refractivity contribution in [2.75, 3.05) is 47.0 Å². The average molecular weight is 545 g/mol. The van der Waals surface area contributed by atoms with Gasteiger partial charge in [-0.15, -0.1) is 0 Å². The molecule has 0 radical (unpaired) electrons. The largest absolute Gasteiger partial charge is 0.380 e. The molecule has 2 saturated heterocycles. The lowest BCUT2D eigenvalue weighted by atomic mass is 9.87. The molecule has 4 aromatic rings. The number of piperidine rings is 1. The summed E-state index contributed by atoms with van der Waals surface area (Å²) in [6.07, 6.45) is 6.70. The normalized spacial score (nSPS) is 18.9. The van der Waals surface area contributed by atoms with Crippen molar-refractivity contribution in [3.8, 4) is 11.3 Å². The van der Waals surface area contributed by atoms with Crippen molar-refractivity contribution in [1.82, 2.24) is 29.4 Å². The van der Waals surface area contributed by atoms with E-state index in [0.29, 0.717) is 31.6 Å². The number of amides is 1. The van der Waals surface area contributed by atoms with E-state index in [0.717, 1.165) is 66.9 Å². The minimum atomic E-state index is 0.203. The summed E-state index contributed by atoms with van der Waals surface area (Å²) < 4.78 is 12.8. The molecule has 1 N–H and O–H groups in total. The van der Waals surface area contributed by atoms with Gasteiger partial charge in [0.15, 0.2) is 5.65 Å². The number of carbonyl (C=O) groups excluding carboxylic acids is 1. The van der Waals surface area contributed by atoms with Gasteiger partial charge in [-0.2, -0.15) is 5.10 Å². The van der Waals surface area contributed by atoms with Gasteiger partial charge in [0.2, 0.25) is 5.91 Å². The Kier molecular flexibility index (Phi) is 7.61. The fraction of sp³-hybridized carbons (Fsp3) is 0.516. The number of nitrogens with zero attached hydrogens (tertiary/aromatic N) is 5. The van der Waals surface area contributed by atoms with Gasteiger partial charge in [0, 0.05) is 49.0 Å². The predicted octanol–water partition coefficient (Wildman–Crippen LogP) is 4.57. The van der Waals surface area contributed by atoms with Crippen LogP contribution in [-0.2, 0) is 20.9 Å². The summed E-state index contributed by atoms with van der Waals surface area (Å²) in [7, 11) is 3.62. The number of nitrogens with one attached hydrogen (secondary N) is 1. The molecule has 9 nitrogen and oxygen atoms in total. The SMILES string of the molecule is COCc1cc(-c2[nH]c3ccc(C4CCN(CC(=O)N(C)C5CCOC5)CC4)cc3c2C(C)C)cn2ncnc12. The molecular weight excluding hydrogens is 504 g/mol. The molecule has 0 bridgehead atoms. The highest BCUT2D eigenvalue weighted by molar-refractivity contribution is 5.92. The lowest BCUT2D eigenvalue weighted by Crippen LogP contribution is -2.45. The summed E-state index contributed by atoms with van der Waals surface area (Å²) >= 11 is 0. The third-order valence-electron chi connectivity index (χ3n) is 8.74. The lowest BCUT2D eigenvalue weighted by molar-refractivity contribution is -0.133. The van der Waals surface area contributed by atoms with Gasteiger partial charge in [0.25, 0.3) is 0 Å². The van der Waals surface area contributed by atoms with Crippen LogP contribution in [0.15, 0.2) is 36.8 Å². The van der Waals surface area contributed by atoms with E-state index in [9.17, 15) is 4.79 Å². The Hall–Kier alpha value is -3.27. The Bertz CT molecular complexity index is 1490. The fourth-order valence-corrected chi connectivity index (χ4v) is 6.46. The summed E-state index contributed by atoms with van der Waals surface area (Å²) in [6, 6.07) is 9.30. The number of aromatic amines is 1. The van der Waals surface area contributed by atoms with Crippen molar-refractivity contribution < 1.29 is 14.3 Å². The zero-order valence-electron chi connectivity index (χ0n) is 24.0. The molecule has 0 saturated carbocycles. The maximum Gasteiger partial charge on any atom is 0.236 e. The number of likely N-dealkylation sites (tertiary alicyclic amines) is 1. The van der Waals surface area contributed by atoms with Crippen molar-refractivity contribution in [1.29, 1.82) is 0 Å². The summed E-state index contributed by atoms with van der Waals surface area (Å²) in [6.45, 7) is 8.80. The number of ether oxygens (including phenoxy) is 2. The molecule has 212 valence electrons. The van der Waals surface area contributed by atoms with Gasteiger partial charge in [-0.1, -0.05) is 19.9 Å². The van der Waals surface area contributed by atoms with Crippen molar-refractivity contribution in [2.45, 2.75) is 57.6 Å². The van der Waals surface area contributed by atoms with E-state index in [2.05, 4.69) is 58.1 Å². The molecule has 1 aromatic carbocycles. The van der Waals surface area contributed by atoms with Crippen LogP contribution >= 0.6 is 0 Å². The molecule has 1 unspecified atom stereocenters. The second-order valence-corrected chi connectivity index (χ2v) is 11.7. The van der Waals surface area contributed by atoms with Crippen LogP contribution in [0, 0.1) is 0 Å². The number of likely N-dealkylation sites (N-methyl/N-ethyl adjacent to an activating group) is 1. The second kappa shape index (κ2) is 11.3. The van der Waals surface area contributed by atoms with E-state index < -0.39 is 0 Å². The van der Waals surface area contributed by atoms with Gasteiger partial charge in [-0.3, -0.25) is 9.69 Å². The summed E-state index contributed by atoms with van der Waals surface area (Å²) in [5, 5.41) is 5.69. The molecule has 1 amide bonds. The van der Waals surface area contributed by atoms with Crippen LogP contribution in [0.25, 0.3) is 27.8 Å². The Balaban J connectivity index is 1.22. The molecule has 6 rings (SSSR count). The van der Waals surface area contributed by atoms with Crippen LogP contribution in [0.4, 0.5) is 0 Å². The highest BCUT2D eigenvalue weighted by Gasteiger charge is 2.28. The van der Waals surface area contributed by atoms with Crippen LogP contribution in [0.3, 0.4) is 0 Å². The Labute approximate surface area is 235 Å². The number of aromatic nitrogens is 4. The molecule has 0 aliphatic carbocycles. The monoisotopic (exact) mass is 544 g/mol. The highest BCUT2D eigenvalue weighted by Crippen LogP contribution is 2.38. The highest BCUT2D eigenvalue weighted by atomic mass is 16.5.